The first kappa shape index (κ1) is 8.52. The fourth-order valence-corrected chi connectivity index (χ4v) is 1.67. The minimum Gasteiger partial charge on any atom is -0.448 e. The Hall–Kier alpha value is -2.07. The molecule has 1 aliphatic carbocycles. The summed E-state index contributed by atoms with van der Waals surface area (Å²) in [6.07, 6.45) is 1.80. The highest BCUT2D eigenvalue weighted by Crippen LogP contribution is 2.28. The molecule has 0 N–H and O–H groups in total. The topological polar surface area (TPSA) is 77.8 Å². The summed E-state index contributed by atoms with van der Waals surface area (Å²) in [7, 11) is 0. The second-order valence-corrected chi connectivity index (χ2v) is 3.10. The molecule has 0 aromatic carbocycles. The molecule has 4 nitrogen and oxygen atoms in total. The van der Waals surface area contributed by atoms with Gasteiger partial charge in [0.1, 0.15) is 23.5 Å². The maximum Gasteiger partial charge on any atom is 0.222 e. The lowest BCUT2D eigenvalue weighted by molar-refractivity contribution is 0.0969. The average molecular weight is 186 g/mol. The number of Topliss-reactive ketones (excluding diaryl/α,β-unsaturated/α-hetero) is 1. The van der Waals surface area contributed by atoms with Crippen LogP contribution in [0.1, 0.15) is 40.3 Å². The largest absolute Gasteiger partial charge is 0.448 e. The lowest BCUT2D eigenvalue weighted by Gasteiger charge is -2.07. The Labute approximate surface area is 80.4 Å². The Balaban J connectivity index is 2.70. The van der Waals surface area contributed by atoms with Crippen LogP contribution in [0.15, 0.2) is 4.42 Å². The number of hydrogen-bond acceptors (Lipinski definition) is 4. The number of carbonyl (C=O) groups is 1. The molecule has 14 heavy (non-hydrogen) atoms. The third kappa shape index (κ3) is 1.02. The second kappa shape index (κ2) is 3.01. The minimum absolute atomic E-state index is 0.0345. The molecule has 0 saturated heterocycles. The zero-order chi connectivity index (χ0) is 10.1. The predicted octanol–water partition coefficient (Wildman–Crippen LogP) is 1.54. The maximum atomic E-state index is 11.5. The van der Waals surface area contributed by atoms with Crippen LogP contribution >= 0.6 is 0 Å². The summed E-state index contributed by atoms with van der Waals surface area (Å²) in [4.78, 5) is 11.5. The summed E-state index contributed by atoms with van der Waals surface area (Å²) in [5.74, 6) is 0.371. The van der Waals surface area contributed by atoms with E-state index in [2.05, 4.69) is 0 Å². The van der Waals surface area contributed by atoms with E-state index in [1.807, 2.05) is 6.07 Å². The molecular formula is C10H6N2O2. The highest BCUT2D eigenvalue weighted by Gasteiger charge is 2.28. The highest BCUT2D eigenvalue weighted by molar-refractivity contribution is 6.00. The van der Waals surface area contributed by atoms with Crippen LogP contribution in [0.3, 0.4) is 0 Å². The number of rotatable bonds is 0. The zero-order valence-electron chi connectivity index (χ0n) is 7.33. The van der Waals surface area contributed by atoms with Gasteiger partial charge in [0.05, 0.1) is 5.56 Å². The highest BCUT2D eigenvalue weighted by atomic mass is 16.3. The van der Waals surface area contributed by atoms with Crippen molar-refractivity contribution in [1.82, 2.24) is 0 Å². The van der Waals surface area contributed by atoms with E-state index >= 15 is 0 Å². The molecule has 4 heteroatoms. The van der Waals surface area contributed by atoms with Crippen LogP contribution in [0, 0.1) is 22.7 Å². The molecule has 0 bridgehead atoms. The number of nitriles is 2. The van der Waals surface area contributed by atoms with Crippen molar-refractivity contribution in [3.05, 3.63) is 22.6 Å². The van der Waals surface area contributed by atoms with Crippen molar-refractivity contribution in [1.29, 1.82) is 10.5 Å². The van der Waals surface area contributed by atoms with Crippen LogP contribution in [0.25, 0.3) is 0 Å². The molecule has 0 radical (unpaired) electrons. The van der Waals surface area contributed by atoms with Crippen molar-refractivity contribution in [2.45, 2.75) is 19.3 Å². The van der Waals surface area contributed by atoms with Gasteiger partial charge in [0.25, 0.3) is 0 Å². The fourth-order valence-electron chi connectivity index (χ4n) is 1.67. The van der Waals surface area contributed by atoms with Crippen LogP contribution in [0.2, 0.25) is 0 Å². The lowest BCUT2D eigenvalue weighted by Crippen LogP contribution is -2.09. The summed E-state index contributed by atoms with van der Waals surface area (Å²) in [5, 5.41) is 17.5. The molecule has 1 aromatic heterocycles. The second-order valence-electron chi connectivity index (χ2n) is 3.10. The third-order valence-corrected chi connectivity index (χ3v) is 2.28. The summed E-state index contributed by atoms with van der Waals surface area (Å²) >= 11 is 0. The molecule has 0 amide bonds. The van der Waals surface area contributed by atoms with Crippen LogP contribution in [0.4, 0.5) is 0 Å². The number of furan rings is 1. The van der Waals surface area contributed by atoms with Gasteiger partial charge in [-0.2, -0.15) is 10.5 Å². The van der Waals surface area contributed by atoms with E-state index < -0.39 is 0 Å². The normalized spacial score (nSPS) is 14.3. The number of nitrogens with zero attached hydrogens (tertiary/aromatic N) is 2. The lowest BCUT2D eigenvalue weighted by atomic mass is 9.94. The number of fused-ring (bicyclic) bond motifs is 1. The molecule has 0 fully saturated rings. The van der Waals surface area contributed by atoms with Crippen molar-refractivity contribution in [2.24, 2.45) is 0 Å². The number of carbonyl (C=O) groups excluding carboxylic acids is 1. The van der Waals surface area contributed by atoms with E-state index in [1.165, 1.54) is 0 Å². The molecule has 0 atom stereocenters. The van der Waals surface area contributed by atoms with E-state index in [4.69, 9.17) is 14.9 Å². The zero-order valence-corrected chi connectivity index (χ0v) is 7.33. The maximum absolute atomic E-state index is 11.5. The van der Waals surface area contributed by atoms with E-state index in [1.54, 1.807) is 6.07 Å². The number of aryl methyl sites for hydroxylation is 1. The standard InChI is InChI=1S/C10H6N2O2/c11-4-6-9(5-12)14-8-3-1-2-7(13)10(6)8/h1-3H2. The van der Waals surface area contributed by atoms with E-state index in [-0.39, 0.29) is 17.1 Å². The summed E-state index contributed by atoms with van der Waals surface area (Å²) in [6, 6.07) is 3.63. The molecule has 1 aliphatic rings. The van der Waals surface area contributed by atoms with Crippen molar-refractivity contribution in [2.75, 3.05) is 0 Å². The fraction of sp³-hybridized carbons (Fsp3) is 0.300. The molecule has 68 valence electrons. The molecular weight excluding hydrogens is 180 g/mol. The Bertz CT molecular complexity index is 485. The van der Waals surface area contributed by atoms with Gasteiger partial charge in [-0.25, -0.2) is 0 Å². The monoisotopic (exact) mass is 186 g/mol. The van der Waals surface area contributed by atoms with Gasteiger partial charge in [-0.05, 0) is 6.42 Å². The van der Waals surface area contributed by atoms with Crippen LogP contribution in [-0.4, -0.2) is 5.78 Å². The Morgan fingerprint density at radius 2 is 2.00 bits per heavy atom. The van der Waals surface area contributed by atoms with E-state index in [9.17, 15) is 4.79 Å². The first-order valence-corrected chi connectivity index (χ1v) is 4.27. The van der Waals surface area contributed by atoms with Crippen molar-refractivity contribution in [3.63, 3.8) is 0 Å². The van der Waals surface area contributed by atoms with Gasteiger partial charge in [-0.1, -0.05) is 0 Å². The Kier molecular flexibility index (Phi) is 1.83. The van der Waals surface area contributed by atoms with Gasteiger partial charge >= 0.3 is 0 Å². The van der Waals surface area contributed by atoms with Crippen molar-refractivity contribution in [3.8, 4) is 12.1 Å². The smallest absolute Gasteiger partial charge is 0.222 e. The van der Waals surface area contributed by atoms with Crippen molar-refractivity contribution >= 4 is 5.78 Å². The van der Waals surface area contributed by atoms with Gasteiger partial charge < -0.3 is 4.42 Å². The molecule has 1 aromatic rings. The third-order valence-electron chi connectivity index (χ3n) is 2.28. The van der Waals surface area contributed by atoms with Crippen LogP contribution in [-0.2, 0) is 6.42 Å². The first-order chi connectivity index (χ1) is 6.77. The average Bonchev–Trinajstić information content (AvgIpc) is 2.56. The van der Waals surface area contributed by atoms with E-state index in [0.717, 1.165) is 6.42 Å². The summed E-state index contributed by atoms with van der Waals surface area (Å²) in [5.41, 5.74) is 0.433. The molecule has 0 unspecified atom stereocenters. The van der Waals surface area contributed by atoms with Gasteiger partial charge in [-0.3, -0.25) is 4.79 Å². The predicted molar refractivity (Wildman–Crippen MR) is 45.4 cm³/mol. The molecule has 1 heterocycles. The molecule has 0 spiro atoms. The number of ketones is 1. The van der Waals surface area contributed by atoms with Gasteiger partial charge in [-0.15, -0.1) is 0 Å². The Morgan fingerprint density at radius 1 is 1.21 bits per heavy atom. The number of hydrogen-bond donors (Lipinski definition) is 0. The van der Waals surface area contributed by atoms with Crippen molar-refractivity contribution < 1.29 is 9.21 Å². The molecule has 2 rings (SSSR count). The van der Waals surface area contributed by atoms with Crippen LogP contribution in [0.5, 0.6) is 0 Å². The molecule has 0 saturated carbocycles. The molecule has 0 aliphatic heterocycles. The quantitative estimate of drug-likeness (QED) is 0.615. The first-order valence-electron chi connectivity index (χ1n) is 4.27. The summed E-state index contributed by atoms with van der Waals surface area (Å²) in [6.45, 7) is 0. The van der Waals surface area contributed by atoms with Gasteiger partial charge in [0.2, 0.25) is 5.76 Å². The van der Waals surface area contributed by atoms with Crippen LogP contribution < -0.4 is 0 Å². The summed E-state index contributed by atoms with van der Waals surface area (Å²) < 4.78 is 5.14. The van der Waals surface area contributed by atoms with Gasteiger partial charge in [0, 0.05) is 12.8 Å². The minimum atomic E-state index is -0.0898. The van der Waals surface area contributed by atoms with Gasteiger partial charge in [0.15, 0.2) is 5.78 Å². The van der Waals surface area contributed by atoms with E-state index in [0.29, 0.717) is 24.2 Å². The Morgan fingerprint density at radius 3 is 2.64 bits per heavy atom. The SMILES string of the molecule is N#Cc1oc2c(c1C#N)C(=O)CCC2.